The van der Waals surface area contributed by atoms with Gasteiger partial charge in [-0.05, 0) is 51.3 Å². The number of aliphatic imine (C=N–C) groups is 1. The molecule has 1 atom stereocenters. The number of halogens is 1. The number of nitrogens with one attached hydrogen (secondary N) is 1. The van der Waals surface area contributed by atoms with E-state index in [4.69, 9.17) is 21.7 Å². The normalized spacial score (nSPS) is 15.0. The summed E-state index contributed by atoms with van der Waals surface area (Å²) in [5.74, 6) is 1.33. The minimum atomic E-state index is -0.473. The number of carbonyl (C=O) groups excluding carboxylic acids is 1. The molecule has 1 aromatic carbocycles. The van der Waals surface area contributed by atoms with Crippen LogP contribution in [0.5, 0.6) is 0 Å². The second-order valence-corrected chi connectivity index (χ2v) is 9.53. The van der Waals surface area contributed by atoms with Crippen LogP contribution in [0.1, 0.15) is 58.5 Å². The molecule has 0 saturated heterocycles. The van der Waals surface area contributed by atoms with E-state index in [1.54, 1.807) is 11.3 Å². The molecule has 0 bridgehead atoms. The molecule has 0 unspecified atom stereocenters. The second kappa shape index (κ2) is 9.52. The van der Waals surface area contributed by atoms with E-state index in [1.165, 1.54) is 4.88 Å². The summed E-state index contributed by atoms with van der Waals surface area (Å²) < 4.78 is 2.04. The van der Waals surface area contributed by atoms with Gasteiger partial charge in [0.2, 0.25) is 5.91 Å². The number of aromatic nitrogens is 3. The fraction of sp³-hybridized carbons (Fsp3) is 0.391. The molecule has 7 nitrogen and oxygen atoms in total. The second-order valence-electron chi connectivity index (χ2n) is 7.89. The van der Waals surface area contributed by atoms with Crippen molar-refractivity contribution in [1.82, 2.24) is 20.1 Å². The molecule has 0 fully saturated rings. The average molecular weight is 472 g/mol. The third kappa shape index (κ3) is 4.35. The fourth-order valence-electron chi connectivity index (χ4n) is 3.84. The first-order valence-electron chi connectivity index (χ1n) is 10.6. The number of carbonyl (C=O) groups is 1. The molecule has 2 N–H and O–H groups in total. The zero-order chi connectivity index (χ0) is 22.8. The number of aryl methyl sites for hydroxylation is 2. The third-order valence-corrected chi connectivity index (χ3v) is 7.09. The first kappa shape index (κ1) is 22.6. The number of unbranched alkanes of at least 4 members (excludes halogenated alkanes) is 1. The van der Waals surface area contributed by atoms with Gasteiger partial charge in [0.25, 0.3) is 0 Å². The average Bonchev–Trinajstić information content (AvgIpc) is 3.24. The van der Waals surface area contributed by atoms with Crippen molar-refractivity contribution in [3.63, 3.8) is 0 Å². The maximum absolute atomic E-state index is 12.7. The van der Waals surface area contributed by atoms with Gasteiger partial charge in [0, 0.05) is 34.2 Å². The van der Waals surface area contributed by atoms with E-state index in [0.717, 1.165) is 39.6 Å². The smallest absolute Gasteiger partial charge is 0.222 e. The molecule has 32 heavy (non-hydrogen) atoms. The van der Waals surface area contributed by atoms with E-state index in [0.29, 0.717) is 23.8 Å². The van der Waals surface area contributed by atoms with Crippen LogP contribution in [0.25, 0.3) is 5.00 Å². The summed E-state index contributed by atoms with van der Waals surface area (Å²) >= 11 is 7.82. The maximum Gasteiger partial charge on any atom is 0.222 e. The number of nitrogens with zero attached hydrogens (tertiary/aromatic N) is 4. The molecule has 0 radical (unpaired) electrons. The molecule has 1 aliphatic heterocycles. The first-order valence-corrected chi connectivity index (χ1v) is 11.8. The summed E-state index contributed by atoms with van der Waals surface area (Å²) in [6.07, 6.45) is 1.56. The molecule has 9 heteroatoms. The zero-order valence-corrected chi connectivity index (χ0v) is 19.9. The number of thiophene rings is 1. The highest BCUT2D eigenvalue weighted by molar-refractivity contribution is 7.15. The van der Waals surface area contributed by atoms with E-state index in [1.807, 2.05) is 35.8 Å². The first-order chi connectivity index (χ1) is 15.4. The van der Waals surface area contributed by atoms with Gasteiger partial charge < -0.3 is 10.4 Å². The van der Waals surface area contributed by atoms with E-state index in [9.17, 15) is 4.79 Å². The number of hydrogen-bond acceptors (Lipinski definition) is 6. The standard InChI is InChI=1S/C23H26ClN5O2S/c1-13-14(2)32-23-20(13)21(16-6-8-17(24)9-7-16)26-18(22-28-27-15(3)29(22)23)12-19(31)25-10-4-5-11-30/h6-9,18,30H,4-5,10-12H2,1-3H3,(H,25,31)/t18-/m0/s1. The Bertz CT molecular complexity index is 1170. The van der Waals surface area contributed by atoms with Gasteiger partial charge in [-0.15, -0.1) is 21.5 Å². The summed E-state index contributed by atoms with van der Waals surface area (Å²) in [6, 6.07) is 7.16. The Morgan fingerprint density at radius 1 is 1.19 bits per heavy atom. The van der Waals surface area contributed by atoms with Crippen LogP contribution in [0.3, 0.4) is 0 Å². The van der Waals surface area contributed by atoms with Gasteiger partial charge in [0.05, 0.1) is 12.1 Å². The van der Waals surface area contributed by atoms with E-state index >= 15 is 0 Å². The fourth-order valence-corrected chi connectivity index (χ4v) is 5.18. The Kier molecular flexibility index (Phi) is 6.74. The molecule has 0 spiro atoms. The van der Waals surface area contributed by atoms with Gasteiger partial charge in [-0.25, -0.2) is 0 Å². The van der Waals surface area contributed by atoms with Crippen LogP contribution in [0.2, 0.25) is 5.02 Å². The number of aliphatic hydroxyl groups is 1. The SMILES string of the molecule is Cc1sc2c(c1C)C(c1ccc(Cl)cc1)=N[C@@H](CC(=O)NCCCCO)c1nnc(C)n1-2. The molecule has 3 aromatic rings. The van der Waals surface area contributed by atoms with Crippen LogP contribution in [-0.2, 0) is 4.79 Å². The summed E-state index contributed by atoms with van der Waals surface area (Å²) in [5.41, 5.74) is 3.99. The molecule has 3 heterocycles. The van der Waals surface area contributed by atoms with Gasteiger partial charge in [-0.2, -0.15) is 0 Å². The van der Waals surface area contributed by atoms with Crippen LogP contribution < -0.4 is 5.32 Å². The molecule has 0 saturated carbocycles. The highest BCUT2D eigenvalue weighted by Gasteiger charge is 2.32. The number of fused-ring (bicyclic) bond motifs is 3. The zero-order valence-electron chi connectivity index (χ0n) is 18.4. The number of benzene rings is 1. The maximum atomic E-state index is 12.7. The summed E-state index contributed by atoms with van der Waals surface area (Å²) in [7, 11) is 0. The van der Waals surface area contributed by atoms with E-state index < -0.39 is 6.04 Å². The lowest BCUT2D eigenvalue weighted by Gasteiger charge is -2.13. The van der Waals surface area contributed by atoms with Crippen molar-refractivity contribution in [2.75, 3.05) is 13.2 Å². The monoisotopic (exact) mass is 471 g/mol. The Balaban J connectivity index is 1.79. The predicted molar refractivity (Wildman–Crippen MR) is 127 cm³/mol. The highest BCUT2D eigenvalue weighted by Crippen LogP contribution is 2.39. The van der Waals surface area contributed by atoms with Crippen LogP contribution >= 0.6 is 22.9 Å². The Hall–Kier alpha value is -2.55. The molecular formula is C23H26ClN5O2S. The highest BCUT2D eigenvalue weighted by atomic mass is 35.5. The lowest BCUT2D eigenvalue weighted by molar-refractivity contribution is -0.121. The largest absolute Gasteiger partial charge is 0.396 e. The van der Waals surface area contributed by atoms with Crippen molar-refractivity contribution in [3.8, 4) is 5.00 Å². The van der Waals surface area contributed by atoms with Crippen LogP contribution in [0, 0.1) is 20.8 Å². The molecule has 1 aliphatic rings. The molecule has 0 aliphatic carbocycles. The lowest BCUT2D eigenvalue weighted by Crippen LogP contribution is -2.26. The van der Waals surface area contributed by atoms with Crippen molar-refractivity contribution >= 4 is 34.6 Å². The Morgan fingerprint density at radius 2 is 1.94 bits per heavy atom. The van der Waals surface area contributed by atoms with Gasteiger partial charge in [0.1, 0.15) is 16.9 Å². The van der Waals surface area contributed by atoms with Crippen molar-refractivity contribution in [2.45, 2.75) is 46.1 Å². The van der Waals surface area contributed by atoms with Crippen LogP contribution in [-0.4, -0.2) is 44.6 Å². The van der Waals surface area contributed by atoms with Crippen LogP contribution in [0.4, 0.5) is 0 Å². The van der Waals surface area contributed by atoms with Gasteiger partial charge >= 0.3 is 0 Å². The van der Waals surface area contributed by atoms with Crippen molar-refractivity contribution < 1.29 is 9.90 Å². The summed E-state index contributed by atoms with van der Waals surface area (Å²) in [4.78, 5) is 19.0. The van der Waals surface area contributed by atoms with Gasteiger partial charge in [0.15, 0.2) is 5.82 Å². The third-order valence-electron chi connectivity index (χ3n) is 5.64. The Labute approximate surface area is 196 Å². The minimum Gasteiger partial charge on any atom is -0.396 e. The number of hydrogen-bond donors (Lipinski definition) is 2. The number of rotatable bonds is 7. The molecule has 168 valence electrons. The summed E-state index contributed by atoms with van der Waals surface area (Å²) in [5, 5.41) is 22.3. The molecule has 1 amide bonds. The quantitative estimate of drug-likeness (QED) is 0.508. The van der Waals surface area contributed by atoms with Gasteiger partial charge in [-0.1, -0.05) is 23.7 Å². The summed E-state index contributed by atoms with van der Waals surface area (Å²) in [6.45, 7) is 6.77. The molecular weight excluding hydrogens is 446 g/mol. The van der Waals surface area contributed by atoms with Crippen molar-refractivity contribution in [2.24, 2.45) is 4.99 Å². The van der Waals surface area contributed by atoms with Crippen molar-refractivity contribution in [1.29, 1.82) is 0 Å². The van der Waals surface area contributed by atoms with E-state index in [-0.39, 0.29) is 18.9 Å². The van der Waals surface area contributed by atoms with Gasteiger partial charge in [-0.3, -0.25) is 14.4 Å². The predicted octanol–water partition coefficient (Wildman–Crippen LogP) is 4.08. The van der Waals surface area contributed by atoms with Crippen molar-refractivity contribution in [3.05, 3.63) is 62.5 Å². The topological polar surface area (TPSA) is 92.4 Å². The molecule has 4 rings (SSSR count). The number of aliphatic hydroxyl groups excluding tert-OH is 1. The molecule has 2 aromatic heterocycles. The van der Waals surface area contributed by atoms with Crippen LogP contribution in [0.15, 0.2) is 29.3 Å². The lowest BCUT2D eigenvalue weighted by atomic mass is 9.99. The van der Waals surface area contributed by atoms with E-state index in [2.05, 4.69) is 29.4 Å². The minimum absolute atomic E-state index is 0.0995. The Morgan fingerprint density at radius 3 is 2.66 bits per heavy atom. The number of amides is 1.